The number of allylic oxidation sites excluding steroid dienone is 1. The third-order valence-corrected chi connectivity index (χ3v) is 8.85. The standard InChI is InChI=1S/C26H37N5O4S/c1-4-27-24(34)29-21-20(18-7-5-6-8-19(18)36-21)22(32)30-12-9-17(10-13-30)31-14-11-28-26(16-31)15-25(2,3)35-23(26)33/h6,8,17,28H,4-5,7,9-16H2,1-3H3,(H2,27,29,34). The number of nitrogens with zero attached hydrogens (tertiary/aromatic N) is 2. The van der Waals surface area contributed by atoms with Crippen LogP contribution in [0, 0.1) is 0 Å². The number of hydrogen-bond acceptors (Lipinski definition) is 7. The fourth-order valence-electron chi connectivity index (χ4n) is 6.17. The van der Waals surface area contributed by atoms with Gasteiger partial charge in [-0.05, 0) is 58.1 Å². The van der Waals surface area contributed by atoms with Gasteiger partial charge >= 0.3 is 12.0 Å². The minimum absolute atomic E-state index is 0.00551. The molecule has 9 nitrogen and oxygen atoms in total. The molecular formula is C26H37N5O4S. The maximum absolute atomic E-state index is 13.7. The van der Waals surface area contributed by atoms with E-state index in [9.17, 15) is 14.4 Å². The largest absolute Gasteiger partial charge is 0.458 e. The lowest BCUT2D eigenvalue weighted by Crippen LogP contribution is -2.65. The summed E-state index contributed by atoms with van der Waals surface area (Å²) in [6, 6.07) is 0.0471. The second-order valence-electron chi connectivity index (χ2n) is 10.9. The molecule has 5 rings (SSSR count). The van der Waals surface area contributed by atoms with Crippen LogP contribution >= 0.6 is 11.3 Å². The summed E-state index contributed by atoms with van der Waals surface area (Å²) < 4.78 is 5.65. The molecule has 10 heteroatoms. The van der Waals surface area contributed by atoms with Crippen LogP contribution in [0.25, 0.3) is 6.08 Å². The lowest BCUT2D eigenvalue weighted by atomic mass is 9.86. The topological polar surface area (TPSA) is 103 Å². The first kappa shape index (κ1) is 25.2. The lowest BCUT2D eigenvalue weighted by molar-refractivity contribution is -0.151. The lowest BCUT2D eigenvalue weighted by Gasteiger charge is -2.45. The van der Waals surface area contributed by atoms with E-state index in [0.717, 1.165) is 49.2 Å². The molecule has 36 heavy (non-hydrogen) atoms. The molecule has 0 saturated carbocycles. The molecule has 1 unspecified atom stereocenters. The number of likely N-dealkylation sites (tertiary alicyclic amines) is 1. The summed E-state index contributed by atoms with van der Waals surface area (Å²) in [6.45, 7) is 9.96. The Hall–Kier alpha value is -2.43. The number of esters is 1. The second kappa shape index (κ2) is 9.79. The number of amides is 3. The maximum Gasteiger partial charge on any atom is 0.328 e. The van der Waals surface area contributed by atoms with E-state index in [2.05, 4.69) is 33.0 Å². The highest BCUT2D eigenvalue weighted by atomic mass is 32.1. The average molecular weight is 516 g/mol. The molecule has 196 valence electrons. The van der Waals surface area contributed by atoms with Crippen LogP contribution in [0.2, 0.25) is 0 Å². The molecule has 1 aromatic heterocycles. The van der Waals surface area contributed by atoms with Crippen LogP contribution in [0.5, 0.6) is 0 Å². The van der Waals surface area contributed by atoms with Crippen LogP contribution in [0.4, 0.5) is 9.80 Å². The van der Waals surface area contributed by atoms with Gasteiger partial charge in [-0.2, -0.15) is 0 Å². The van der Waals surface area contributed by atoms with Crippen molar-refractivity contribution in [1.82, 2.24) is 20.4 Å². The van der Waals surface area contributed by atoms with E-state index < -0.39 is 11.1 Å². The minimum atomic E-state index is -0.627. The van der Waals surface area contributed by atoms with Gasteiger partial charge in [-0.15, -0.1) is 11.3 Å². The van der Waals surface area contributed by atoms with Crippen molar-refractivity contribution in [2.24, 2.45) is 0 Å². The van der Waals surface area contributed by atoms with E-state index in [1.807, 2.05) is 25.7 Å². The fourth-order valence-corrected chi connectivity index (χ4v) is 7.34. The van der Waals surface area contributed by atoms with Crippen molar-refractivity contribution in [1.29, 1.82) is 0 Å². The zero-order chi connectivity index (χ0) is 25.5. The predicted octanol–water partition coefficient (Wildman–Crippen LogP) is 2.82. The molecule has 4 heterocycles. The van der Waals surface area contributed by atoms with Crippen LogP contribution in [0.1, 0.15) is 67.3 Å². The van der Waals surface area contributed by atoms with Crippen LogP contribution < -0.4 is 16.0 Å². The number of rotatable bonds is 4. The summed E-state index contributed by atoms with van der Waals surface area (Å²) >= 11 is 1.48. The molecule has 1 spiro atoms. The van der Waals surface area contributed by atoms with Crippen molar-refractivity contribution >= 4 is 40.3 Å². The predicted molar refractivity (Wildman–Crippen MR) is 140 cm³/mol. The number of carbonyl (C=O) groups excluding carboxylic acids is 3. The van der Waals surface area contributed by atoms with Crippen LogP contribution in [0.15, 0.2) is 6.08 Å². The summed E-state index contributed by atoms with van der Waals surface area (Å²) in [6.07, 6.45) is 8.30. The summed E-state index contributed by atoms with van der Waals surface area (Å²) in [7, 11) is 0. The van der Waals surface area contributed by atoms with Crippen molar-refractivity contribution in [2.45, 2.75) is 70.1 Å². The smallest absolute Gasteiger partial charge is 0.328 e. The first-order chi connectivity index (χ1) is 17.2. The van der Waals surface area contributed by atoms with Gasteiger partial charge in [0.15, 0.2) is 0 Å². The first-order valence-electron chi connectivity index (χ1n) is 13.1. The third-order valence-electron chi connectivity index (χ3n) is 7.74. The fraction of sp³-hybridized carbons (Fsp3) is 0.654. The molecule has 1 atom stereocenters. The maximum atomic E-state index is 13.7. The zero-order valence-electron chi connectivity index (χ0n) is 21.4. The quantitative estimate of drug-likeness (QED) is 0.533. The molecule has 3 aliphatic heterocycles. The number of carbonyl (C=O) groups is 3. The minimum Gasteiger partial charge on any atom is -0.458 e. The molecule has 0 bridgehead atoms. The molecule has 3 saturated heterocycles. The van der Waals surface area contributed by atoms with Crippen molar-refractivity contribution < 1.29 is 19.1 Å². The molecule has 1 aromatic rings. The van der Waals surface area contributed by atoms with E-state index in [-0.39, 0.29) is 17.9 Å². The van der Waals surface area contributed by atoms with E-state index in [0.29, 0.717) is 49.2 Å². The Morgan fingerprint density at radius 2 is 2.03 bits per heavy atom. The SMILES string of the molecule is CCNC(=O)Nc1sc2c(c1C(=O)N1CCC(N3CCNC4(C3)CC(C)(C)OC4=O)CC1)CCC=C2. The van der Waals surface area contributed by atoms with Gasteiger partial charge in [0.1, 0.15) is 16.1 Å². The Kier molecular flexibility index (Phi) is 6.86. The molecule has 0 aromatic carbocycles. The number of piperazine rings is 1. The monoisotopic (exact) mass is 515 g/mol. The molecule has 3 fully saturated rings. The Balaban J connectivity index is 1.27. The van der Waals surface area contributed by atoms with E-state index in [1.54, 1.807) is 0 Å². The summed E-state index contributed by atoms with van der Waals surface area (Å²) in [4.78, 5) is 44.2. The van der Waals surface area contributed by atoms with Crippen LogP contribution in [-0.4, -0.2) is 84.2 Å². The number of piperidine rings is 1. The Bertz CT molecular complexity index is 1070. The number of fused-ring (bicyclic) bond motifs is 1. The van der Waals surface area contributed by atoms with E-state index >= 15 is 0 Å². The van der Waals surface area contributed by atoms with E-state index in [4.69, 9.17) is 4.74 Å². The van der Waals surface area contributed by atoms with Crippen molar-refractivity contribution in [3.05, 3.63) is 22.1 Å². The molecular weight excluding hydrogens is 478 g/mol. The normalized spacial score (nSPS) is 26.1. The van der Waals surface area contributed by atoms with E-state index in [1.165, 1.54) is 11.3 Å². The third kappa shape index (κ3) is 4.78. The number of cyclic esters (lactones) is 1. The van der Waals surface area contributed by atoms with Crippen LogP contribution in [0.3, 0.4) is 0 Å². The molecule has 3 N–H and O–H groups in total. The number of anilines is 1. The van der Waals surface area contributed by atoms with Gasteiger partial charge < -0.3 is 15.0 Å². The average Bonchev–Trinajstić information content (AvgIpc) is 3.31. The molecule has 0 radical (unpaired) electrons. The number of hydrogen-bond donors (Lipinski definition) is 3. The molecule has 4 aliphatic rings. The van der Waals surface area contributed by atoms with Gasteiger partial charge in [0, 0.05) is 56.6 Å². The first-order valence-corrected chi connectivity index (χ1v) is 13.9. The van der Waals surface area contributed by atoms with Gasteiger partial charge in [0.2, 0.25) is 0 Å². The van der Waals surface area contributed by atoms with Gasteiger partial charge in [-0.25, -0.2) is 9.59 Å². The van der Waals surface area contributed by atoms with Crippen LogP contribution in [-0.2, 0) is 16.0 Å². The number of thiophene rings is 1. The van der Waals surface area contributed by atoms with Gasteiger partial charge in [0.05, 0.1) is 5.56 Å². The van der Waals surface area contributed by atoms with Crippen molar-refractivity contribution in [2.75, 3.05) is 44.6 Å². The van der Waals surface area contributed by atoms with Gasteiger partial charge in [-0.1, -0.05) is 6.08 Å². The number of ether oxygens (including phenoxy) is 1. The van der Waals surface area contributed by atoms with Crippen molar-refractivity contribution in [3.8, 4) is 0 Å². The number of urea groups is 1. The highest BCUT2D eigenvalue weighted by Gasteiger charge is 2.55. The summed E-state index contributed by atoms with van der Waals surface area (Å²) in [5, 5.41) is 9.76. The molecule has 3 amide bonds. The Morgan fingerprint density at radius 3 is 2.72 bits per heavy atom. The second-order valence-corrected chi connectivity index (χ2v) is 12.0. The van der Waals surface area contributed by atoms with Gasteiger partial charge in [-0.3, -0.25) is 20.3 Å². The molecule has 1 aliphatic carbocycles. The Labute approximate surface area is 216 Å². The number of nitrogens with one attached hydrogen (secondary N) is 3. The highest BCUT2D eigenvalue weighted by Crippen LogP contribution is 2.39. The van der Waals surface area contributed by atoms with Crippen molar-refractivity contribution in [3.63, 3.8) is 0 Å². The Morgan fingerprint density at radius 1 is 1.25 bits per heavy atom. The van der Waals surface area contributed by atoms with Gasteiger partial charge in [0.25, 0.3) is 5.91 Å². The summed E-state index contributed by atoms with van der Waals surface area (Å²) in [5.74, 6) is -0.140. The highest BCUT2D eigenvalue weighted by molar-refractivity contribution is 7.17. The summed E-state index contributed by atoms with van der Waals surface area (Å²) in [5.41, 5.74) is 0.628. The zero-order valence-corrected chi connectivity index (χ0v) is 22.3.